The fourth-order valence-corrected chi connectivity index (χ4v) is 3.91. The van der Waals surface area contributed by atoms with Gasteiger partial charge in [-0.25, -0.2) is 19.5 Å². The predicted octanol–water partition coefficient (Wildman–Crippen LogP) is 4.76. The van der Waals surface area contributed by atoms with Gasteiger partial charge in [-0.1, -0.05) is 23.4 Å². The molecule has 0 saturated heterocycles. The van der Waals surface area contributed by atoms with E-state index in [4.69, 9.17) is 0 Å². The van der Waals surface area contributed by atoms with Crippen LogP contribution in [-0.2, 0) is 0 Å². The summed E-state index contributed by atoms with van der Waals surface area (Å²) >= 11 is 1.62. The molecule has 31 heavy (non-hydrogen) atoms. The average Bonchev–Trinajstić information content (AvgIpc) is 3.53. The van der Waals surface area contributed by atoms with Crippen LogP contribution in [-0.4, -0.2) is 30.9 Å². The Morgan fingerprint density at radius 2 is 1.55 bits per heavy atom. The van der Waals surface area contributed by atoms with Crippen LogP contribution in [0.2, 0.25) is 0 Å². The van der Waals surface area contributed by atoms with Crippen LogP contribution in [0.1, 0.15) is 10.4 Å². The van der Waals surface area contributed by atoms with Gasteiger partial charge in [0.25, 0.3) is 5.91 Å². The van der Waals surface area contributed by atoms with Gasteiger partial charge in [0.05, 0.1) is 16.8 Å². The van der Waals surface area contributed by atoms with E-state index in [-0.39, 0.29) is 5.91 Å². The molecule has 0 spiro atoms. The molecule has 0 aliphatic heterocycles. The van der Waals surface area contributed by atoms with Crippen LogP contribution < -0.4 is 4.90 Å². The van der Waals surface area contributed by atoms with Crippen LogP contribution in [0.5, 0.6) is 0 Å². The molecule has 4 aromatic heterocycles. The second kappa shape index (κ2) is 8.29. The Balaban J connectivity index is 1.49. The van der Waals surface area contributed by atoms with Crippen molar-refractivity contribution >= 4 is 28.9 Å². The van der Waals surface area contributed by atoms with E-state index in [9.17, 15) is 4.79 Å². The maximum Gasteiger partial charge on any atom is 0.265 e. The first-order valence-electron chi connectivity index (χ1n) is 9.53. The Bertz CT molecular complexity index is 1250. The van der Waals surface area contributed by atoms with Crippen molar-refractivity contribution < 1.29 is 4.79 Å². The lowest BCUT2D eigenvalue weighted by atomic mass is 10.1. The fourth-order valence-electron chi connectivity index (χ4n) is 3.19. The van der Waals surface area contributed by atoms with Crippen LogP contribution >= 0.6 is 11.3 Å². The summed E-state index contributed by atoms with van der Waals surface area (Å²) in [5.41, 5.74) is 2.23. The molecule has 0 radical (unpaired) electrons. The monoisotopic (exact) mass is 424 g/mol. The maximum atomic E-state index is 13.4. The van der Waals surface area contributed by atoms with Gasteiger partial charge in [-0.3, -0.25) is 4.79 Å². The number of aromatic nitrogens is 5. The molecule has 0 bridgehead atoms. The van der Waals surface area contributed by atoms with E-state index in [1.54, 1.807) is 58.9 Å². The minimum atomic E-state index is -0.221. The number of hydrogen-bond donors (Lipinski definition) is 0. The highest BCUT2D eigenvalue weighted by Crippen LogP contribution is 2.27. The molecule has 0 aliphatic carbocycles. The first kappa shape index (κ1) is 18.8. The van der Waals surface area contributed by atoms with Gasteiger partial charge in [0.15, 0.2) is 0 Å². The molecular weight excluding hydrogens is 408 g/mol. The van der Waals surface area contributed by atoms with E-state index < -0.39 is 0 Å². The molecular formula is C23H16N6OS. The van der Waals surface area contributed by atoms with Crippen LogP contribution in [0.25, 0.3) is 16.3 Å². The lowest BCUT2D eigenvalue weighted by Gasteiger charge is -2.20. The number of benzene rings is 1. The lowest BCUT2D eigenvalue weighted by molar-refractivity contribution is 0.0998. The number of hydrogen-bond acceptors (Lipinski definition) is 6. The number of amides is 1. The quantitative estimate of drug-likeness (QED) is 0.406. The summed E-state index contributed by atoms with van der Waals surface area (Å²) in [6.07, 6.45) is 5.03. The van der Waals surface area contributed by atoms with Crippen molar-refractivity contribution in [2.75, 3.05) is 4.90 Å². The van der Waals surface area contributed by atoms with Crippen molar-refractivity contribution in [3.63, 3.8) is 0 Å². The summed E-state index contributed by atoms with van der Waals surface area (Å²) in [5.74, 6) is 0.791. The second-order valence-electron chi connectivity index (χ2n) is 6.57. The molecule has 0 fully saturated rings. The average molecular weight is 424 g/mol. The third kappa shape index (κ3) is 3.72. The van der Waals surface area contributed by atoms with Crippen molar-refractivity contribution in [3.05, 3.63) is 102 Å². The summed E-state index contributed by atoms with van der Waals surface area (Å²) in [6, 6.07) is 22.1. The smallest absolute Gasteiger partial charge is 0.265 e. The number of pyridine rings is 2. The van der Waals surface area contributed by atoms with Gasteiger partial charge in [0.2, 0.25) is 0 Å². The third-order valence-electron chi connectivity index (χ3n) is 4.64. The summed E-state index contributed by atoms with van der Waals surface area (Å²) in [4.78, 5) is 24.7. The number of thiophene rings is 1. The standard InChI is InChI=1S/C23H16N6OS/c30-23(28(21-7-1-3-13-24-21)22-8-2-4-14-25-22)17-9-11-18(12-10-17)29-19(16-26-27-29)20-6-5-15-31-20/h1-16H. The number of carbonyl (C=O) groups is 1. The third-order valence-corrected chi connectivity index (χ3v) is 5.53. The minimum absolute atomic E-state index is 0.221. The topological polar surface area (TPSA) is 76.8 Å². The van der Waals surface area contributed by atoms with Gasteiger partial charge in [0, 0.05) is 18.0 Å². The second-order valence-corrected chi connectivity index (χ2v) is 7.52. The molecule has 5 rings (SSSR count). The van der Waals surface area contributed by atoms with Crippen LogP contribution in [0.3, 0.4) is 0 Å². The molecule has 5 aromatic rings. The van der Waals surface area contributed by atoms with Gasteiger partial charge >= 0.3 is 0 Å². The van der Waals surface area contributed by atoms with Crippen LogP contribution in [0.15, 0.2) is 96.8 Å². The Hall–Kier alpha value is -4.17. The predicted molar refractivity (Wildman–Crippen MR) is 120 cm³/mol. The van der Waals surface area contributed by atoms with E-state index in [1.165, 1.54) is 4.90 Å². The van der Waals surface area contributed by atoms with E-state index >= 15 is 0 Å². The number of anilines is 2. The molecule has 0 aliphatic rings. The number of rotatable bonds is 5. The molecule has 0 atom stereocenters. The molecule has 0 unspecified atom stereocenters. The highest BCUT2D eigenvalue weighted by Gasteiger charge is 2.22. The molecule has 4 heterocycles. The normalized spacial score (nSPS) is 10.7. The van der Waals surface area contributed by atoms with Gasteiger partial charge < -0.3 is 0 Å². The number of nitrogens with zero attached hydrogens (tertiary/aromatic N) is 6. The zero-order valence-electron chi connectivity index (χ0n) is 16.2. The maximum absolute atomic E-state index is 13.4. The summed E-state index contributed by atoms with van der Waals surface area (Å²) < 4.78 is 1.76. The lowest BCUT2D eigenvalue weighted by Crippen LogP contribution is -2.27. The van der Waals surface area contributed by atoms with Crippen molar-refractivity contribution in [1.29, 1.82) is 0 Å². The Morgan fingerprint density at radius 1 is 0.839 bits per heavy atom. The largest absolute Gasteiger partial charge is 0.268 e. The highest BCUT2D eigenvalue weighted by molar-refractivity contribution is 7.13. The van der Waals surface area contributed by atoms with E-state index in [0.29, 0.717) is 17.2 Å². The van der Waals surface area contributed by atoms with E-state index in [1.807, 2.05) is 53.9 Å². The molecule has 0 saturated carbocycles. The summed E-state index contributed by atoms with van der Waals surface area (Å²) in [6.45, 7) is 0. The van der Waals surface area contributed by atoms with Gasteiger partial charge in [-0.05, 0) is 60.0 Å². The van der Waals surface area contributed by atoms with Gasteiger partial charge in [-0.2, -0.15) is 0 Å². The summed E-state index contributed by atoms with van der Waals surface area (Å²) in [7, 11) is 0. The highest BCUT2D eigenvalue weighted by atomic mass is 32.1. The minimum Gasteiger partial charge on any atom is -0.268 e. The van der Waals surface area contributed by atoms with Crippen molar-refractivity contribution in [1.82, 2.24) is 25.0 Å². The Morgan fingerprint density at radius 3 is 2.13 bits per heavy atom. The van der Waals surface area contributed by atoms with Gasteiger partial charge in [0.1, 0.15) is 17.3 Å². The molecule has 0 N–H and O–H groups in total. The Labute approximate surface area is 182 Å². The zero-order chi connectivity index (χ0) is 21.0. The zero-order valence-corrected chi connectivity index (χ0v) is 17.1. The fraction of sp³-hybridized carbons (Fsp3) is 0. The SMILES string of the molecule is O=C(c1ccc(-n2nncc2-c2cccs2)cc1)N(c1ccccn1)c1ccccn1. The van der Waals surface area contributed by atoms with E-state index in [2.05, 4.69) is 20.3 Å². The number of carbonyl (C=O) groups excluding carboxylic acids is 1. The molecule has 150 valence electrons. The van der Waals surface area contributed by atoms with Crippen LogP contribution in [0, 0.1) is 0 Å². The van der Waals surface area contributed by atoms with Crippen molar-refractivity contribution in [2.24, 2.45) is 0 Å². The van der Waals surface area contributed by atoms with Gasteiger partial charge in [-0.15, -0.1) is 16.4 Å². The summed E-state index contributed by atoms with van der Waals surface area (Å²) in [5, 5.41) is 10.3. The van der Waals surface area contributed by atoms with Crippen LogP contribution in [0.4, 0.5) is 11.6 Å². The molecule has 8 heteroatoms. The van der Waals surface area contributed by atoms with Crippen molar-refractivity contribution in [3.8, 4) is 16.3 Å². The van der Waals surface area contributed by atoms with Crippen molar-refractivity contribution in [2.45, 2.75) is 0 Å². The molecule has 1 amide bonds. The molecule has 1 aromatic carbocycles. The first-order chi connectivity index (χ1) is 15.3. The molecule has 7 nitrogen and oxygen atoms in total. The first-order valence-corrected chi connectivity index (χ1v) is 10.4. The Kier molecular flexibility index (Phi) is 5.04. The van der Waals surface area contributed by atoms with E-state index in [0.717, 1.165) is 16.3 Å².